The summed E-state index contributed by atoms with van der Waals surface area (Å²) in [6.07, 6.45) is 7.51. The first-order valence-corrected chi connectivity index (χ1v) is 13.6. The quantitative estimate of drug-likeness (QED) is 0.546. The first kappa shape index (κ1) is 26.5. The van der Waals surface area contributed by atoms with E-state index in [0.29, 0.717) is 48.5 Å². The van der Waals surface area contributed by atoms with Crippen LogP contribution < -0.4 is 4.74 Å². The fraction of sp³-hybridized carbons (Fsp3) is 0.607. The summed E-state index contributed by atoms with van der Waals surface area (Å²) in [6.45, 7) is 2.84. The zero-order chi connectivity index (χ0) is 27.0. The minimum Gasteiger partial charge on any atom is -0.504 e. The number of methoxy groups -OCH3 is 1. The van der Waals surface area contributed by atoms with Gasteiger partial charge in [0.1, 0.15) is 17.6 Å². The lowest BCUT2D eigenvalue weighted by atomic mass is 9.62. The van der Waals surface area contributed by atoms with Gasteiger partial charge in [-0.3, -0.25) is 14.4 Å². The lowest BCUT2D eigenvalue weighted by Crippen LogP contribution is -2.44. The van der Waals surface area contributed by atoms with E-state index in [9.17, 15) is 9.90 Å². The average Bonchev–Trinajstić information content (AvgIpc) is 3.52. The summed E-state index contributed by atoms with van der Waals surface area (Å²) >= 11 is 0. The molecule has 1 aliphatic heterocycles. The monoisotopic (exact) mass is 522 g/mol. The van der Waals surface area contributed by atoms with Crippen LogP contribution in [0.3, 0.4) is 0 Å². The largest absolute Gasteiger partial charge is 0.504 e. The van der Waals surface area contributed by atoms with E-state index in [1.165, 1.54) is 0 Å². The Labute approximate surface area is 223 Å². The number of aryl methyl sites for hydroxylation is 1. The van der Waals surface area contributed by atoms with Gasteiger partial charge in [-0.25, -0.2) is 4.98 Å². The molecule has 5 rings (SSSR count). The average molecular weight is 523 g/mol. The maximum Gasteiger partial charge on any atom is 0.217 e. The van der Waals surface area contributed by atoms with E-state index in [4.69, 9.17) is 14.9 Å². The Hall–Kier alpha value is -3.11. The Morgan fingerprint density at radius 3 is 2.66 bits per heavy atom. The fourth-order valence-corrected chi connectivity index (χ4v) is 6.34. The highest BCUT2D eigenvalue weighted by molar-refractivity contribution is 6.18. The van der Waals surface area contributed by atoms with Crippen molar-refractivity contribution in [2.75, 3.05) is 20.7 Å². The van der Waals surface area contributed by atoms with Gasteiger partial charge in [-0.05, 0) is 58.6 Å². The standard InChI is InChI=1S/C28H38N6O4/c1-17(22-14-18(37-4)16-33(22)2)38-24-15-21(20-10-13-34(3)32-20)30-27(31-24)25(36)19-8-7-12-28(26(19)29)11-6-5-9-23(28)35/h10,13,15,17-18,22,29,36H,5-9,11-12,14,16H2,1-4H3/b25-19-,29-26?/t17-,18+,22-,28+/m0/s1. The van der Waals surface area contributed by atoms with Gasteiger partial charge in [-0.15, -0.1) is 0 Å². The van der Waals surface area contributed by atoms with Crippen LogP contribution in [-0.2, 0) is 16.6 Å². The number of carbonyl (C=O) groups excluding carboxylic acids is 1. The van der Waals surface area contributed by atoms with Crippen LogP contribution in [0.1, 0.15) is 64.1 Å². The number of hydrogen-bond acceptors (Lipinski definition) is 9. The number of Topliss-reactive ketones (excluding diaryl/α,β-unsaturated/α-hetero) is 1. The van der Waals surface area contributed by atoms with Crippen molar-refractivity contribution in [2.24, 2.45) is 12.5 Å². The van der Waals surface area contributed by atoms with Crippen molar-refractivity contribution in [2.45, 2.75) is 76.5 Å². The van der Waals surface area contributed by atoms with Crippen LogP contribution in [0, 0.1) is 10.8 Å². The number of allylic oxidation sites excluding steroid dienone is 1. The zero-order valence-corrected chi connectivity index (χ0v) is 22.7. The predicted octanol–water partition coefficient (Wildman–Crippen LogP) is 3.97. The lowest BCUT2D eigenvalue weighted by Gasteiger charge is -2.40. The molecule has 2 N–H and O–H groups in total. The number of nitrogens with zero attached hydrogens (tertiary/aromatic N) is 5. The smallest absolute Gasteiger partial charge is 0.217 e. The molecular weight excluding hydrogens is 484 g/mol. The van der Waals surface area contributed by atoms with Crippen LogP contribution in [0.25, 0.3) is 17.1 Å². The second-order valence-corrected chi connectivity index (χ2v) is 11.0. The summed E-state index contributed by atoms with van der Waals surface area (Å²) in [5.41, 5.74) is 1.04. The van der Waals surface area contributed by atoms with E-state index in [1.54, 1.807) is 17.9 Å². The Bertz CT molecular complexity index is 1250. The highest BCUT2D eigenvalue weighted by Crippen LogP contribution is 2.46. The molecule has 10 nitrogen and oxygen atoms in total. The van der Waals surface area contributed by atoms with Gasteiger partial charge in [0, 0.05) is 51.0 Å². The van der Waals surface area contributed by atoms with Crippen molar-refractivity contribution in [1.82, 2.24) is 24.6 Å². The fourth-order valence-electron chi connectivity index (χ4n) is 6.34. The van der Waals surface area contributed by atoms with Crippen molar-refractivity contribution in [3.05, 3.63) is 29.7 Å². The second-order valence-electron chi connectivity index (χ2n) is 11.0. The molecule has 0 radical (unpaired) electrons. The first-order chi connectivity index (χ1) is 18.2. The molecule has 204 valence electrons. The number of aliphatic hydroxyl groups excluding tert-OH is 1. The molecule has 3 fully saturated rings. The van der Waals surface area contributed by atoms with Crippen LogP contribution >= 0.6 is 0 Å². The topological polar surface area (TPSA) is 126 Å². The minimum absolute atomic E-state index is 0.0879. The molecule has 1 spiro atoms. The third kappa shape index (κ3) is 4.87. The molecule has 4 atom stereocenters. The third-order valence-electron chi connectivity index (χ3n) is 8.52. The van der Waals surface area contributed by atoms with Crippen molar-refractivity contribution >= 4 is 17.3 Å². The molecule has 3 heterocycles. The maximum atomic E-state index is 13.0. The Morgan fingerprint density at radius 1 is 1.18 bits per heavy atom. The highest BCUT2D eigenvalue weighted by Gasteiger charge is 2.47. The summed E-state index contributed by atoms with van der Waals surface area (Å²) in [4.78, 5) is 24.4. The van der Waals surface area contributed by atoms with Crippen LogP contribution in [-0.4, -0.2) is 80.2 Å². The molecule has 0 bridgehead atoms. The van der Waals surface area contributed by atoms with E-state index >= 15 is 0 Å². The number of likely N-dealkylation sites (N-methyl/N-ethyl adjacent to an activating group) is 1. The molecule has 2 aromatic rings. The molecule has 2 saturated carbocycles. The molecule has 38 heavy (non-hydrogen) atoms. The van der Waals surface area contributed by atoms with Crippen molar-refractivity contribution < 1.29 is 19.4 Å². The van der Waals surface area contributed by atoms with E-state index < -0.39 is 5.41 Å². The van der Waals surface area contributed by atoms with Gasteiger partial charge in [0.2, 0.25) is 5.88 Å². The molecular formula is C28H38N6O4. The summed E-state index contributed by atoms with van der Waals surface area (Å²) in [6, 6.07) is 3.73. The Balaban J connectivity index is 1.51. The van der Waals surface area contributed by atoms with E-state index in [1.807, 2.05) is 26.2 Å². The van der Waals surface area contributed by atoms with E-state index in [-0.39, 0.29) is 41.3 Å². The molecule has 0 unspecified atom stereocenters. The number of nitrogens with one attached hydrogen (secondary N) is 1. The van der Waals surface area contributed by atoms with Crippen LogP contribution in [0.15, 0.2) is 23.9 Å². The molecule has 0 aromatic carbocycles. The second kappa shape index (κ2) is 10.6. The van der Waals surface area contributed by atoms with Gasteiger partial charge >= 0.3 is 0 Å². The number of likely N-dealkylation sites (tertiary alicyclic amines) is 1. The van der Waals surface area contributed by atoms with Gasteiger partial charge in [0.15, 0.2) is 11.6 Å². The number of hydrogen-bond donors (Lipinski definition) is 2. The van der Waals surface area contributed by atoms with Crippen molar-refractivity contribution in [3.8, 4) is 17.3 Å². The molecule has 0 amide bonds. The number of carbonyl (C=O) groups is 1. The zero-order valence-electron chi connectivity index (χ0n) is 22.7. The summed E-state index contributed by atoms with van der Waals surface area (Å²) < 4.78 is 13.6. The van der Waals surface area contributed by atoms with Gasteiger partial charge < -0.3 is 20.0 Å². The number of aliphatic hydroxyl groups is 1. The number of ether oxygens (including phenoxy) is 2. The van der Waals surface area contributed by atoms with Crippen molar-refractivity contribution in [1.29, 1.82) is 5.41 Å². The van der Waals surface area contributed by atoms with Crippen LogP contribution in [0.2, 0.25) is 0 Å². The van der Waals surface area contributed by atoms with Crippen LogP contribution in [0.5, 0.6) is 5.88 Å². The Morgan fingerprint density at radius 2 is 1.97 bits per heavy atom. The van der Waals surface area contributed by atoms with Crippen LogP contribution in [0.4, 0.5) is 0 Å². The number of aromatic nitrogens is 4. The SMILES string of the molecule is CO[C@@H]1C[C@@H]([C@H](C)Oc2cc(-c3ccn(C)n3)nc(/C(O)=C3\CCC[C@@]4(CCCCC4=O)C3=N)n2)N(C)C1. The Kier molecular flexibility index (Phi) is 7.37. The highest BCUT2D eigenvalue weighted by atomic mass is 16.5. The summed E-state index contributed by atoms with van der Waals surface area (Å²) in [5.74, 6) is 0.385. The molecule has 1 saturated heterocycles. The van der Waals surface area contributed by atoms with E-state index in [2.05, 4.69) is 27.0 Å². The maximum absolute atomic E-state index is 13.0. The number of rotatable bonds is 6. The van der Waals surface area contributed by atoms with Gasteiger partial charge in [0.05, 0.1) is 22.9 Å². The van der Waals surface area contributed by atoms with Crippen molar-refractivity contribution in [3.63, 3.8) is 0 Å². The summed E-state index contributed by atoms with van der Waals surface area (Å²) in [7, 11) is 5.62. The molecule has 3 aliphatic rings. The molecule has 10 heteroatoms. The van der Waals surface area contributed by atoms with E-state index in [0.717, 1.165) is 32.2 Å². The first-order valence-electron chi connectivity index (χ1n) is 13.6. The predicted molar refractivity (Wildman–Crippen MR) is 143 cm³/mol. The third-order valence-corrected chi connectivity index (χ3v) is 8.52. The summed E-state index contributed by atoms with van der Waals surface area (Å²) in [5, 5.41) is 24.9. The van der Waals surface area contributed by atoms with Gasteiger partial charge in [-0.1, -0.05) is 6.42 Å². The molecule has 2 aliphatic carbocycles. The minimum atomic E-state index is -0.794. The lowest BCUT2D eigenvalue weighted by molar-refractivity contribution is -0.128. The normalized spacial score (nSPS) is 28.6. The van der Waals surface area contributed by atoms with Gasteiger partial charge in [-0.2, -0.15) is 10.1 Å². The van der Waals surface area contributed by atoms with Gasteiger partial charge in [0.25, 0.3) is 0 Å². The molecule has 2 aromatic heterocycles. The number of ketones is 1.